The lowest BCUT2D eigenvalue weighted by atomic mass is 9.99. The summed E-state index contributed by atoms with van der Waals surface area (Å²) >= 11 is 0. The normalized spacial score (nSPS) is 13.6. The third kappa shape index (κ3) is 4.35. The average molecular weight is 335 g/mol. The Bertz CT molecular complexity index is 834. The fourth-order valence-corrected chi connectivity index (χ4v) is 2.86. The summed E-state index contributed by atoms with van der Waals surface area (Å²) in [6.45, 7) is 5.07. The molecule has 1 heterocycles. The van der Waals surface area contributed by atoms with Crippen molar-refractivity contribution in [1.82, 2.24) is 15.1 Å². The molecule has 0 aliphatic rings. The minimum Gasteiger partial charge on any atom is -0.384 e. The van der Waals surface area contributed by atoms with Crippen molar-refractivity contribution in [3.63, 3.8) is 0 Å². The summed E-state index contributed by atoms with van der Waals surface area (Å²) in [6, 6.07) is 17.0. The van der Waals surface area contributed by atoms with Crippen molar-refractivity contribution in [2.75, 3.05) is 6.54 Å². The number of aliphatic hydroxyl groups is 1. The van der Waals surface area contributed by atoms with Crippen molar-refractivity contribution in [3.05, 3.63) is 77.6 Å². The highest BCUT2D eigenvalue weighted by atomic mass is 16.3. The van der Waals surface area contributed by atoms with Crippen LogP contribution in [0.4, 0.5) is 0 Å². The Labute approximate surface area is 149 Å². The zero-order valence-electron chi connectivity index (χ0n) is 15.0. The number of benzene rings is 2. The monoisotopic (exact) mass is 335 g/mol. The van der Waals surface area contributed by atoms with Gasteiger partial charge in [-0.15, -0.1) is 0 Å². The minimum atomic E-state index is -0.942. The first-order chi connectivity index (χ1) is 11.9. The van der Waals surface area contributed by atoms with E-state index in [4.69, 9.17) is 0 Å². The van der Waals surface area contributed by atoms with Gasteiger partial charge in [0.15, 0.2) is 0 Å². The van der Waals surface area contributed by atoms with Crippen molar-refractivity contribution in [1.29, 1.82) is 0 Å². The zero-order valence-corrected chi connectivity index (χ0v) is 15.0. The predicted molar refractivity (Wildman–Crippen MR) is 101 cm³/mol. The number of hydrogen-bond donors (Lipinski definition) is 2. The van der Waals surface area contributed by atoms with Crippen LogP contribution in [0.1, 0.15) is 23.6 Å². The number of nitrogens with zero attached hydrogens (tertiary/aromatic N) is 2. The quantitative estimate of drug-likeness (QED) is 0.726. The van der Waals surface area contributed by atoms with Gasteiger partial charge >= 0.3 is 0 Å². The molecule has 2 N–H and O–H groups in total. The molecule has 25 heavy (non-hydrogen) atoms. The Morgan fingerprint density at radius 3 is 2.56 bits per heavy atom. The molecule has 0 fully saturated rings. The van der Waals surface area contributed by atoms with Gasteiger partial charge in [-0.1, -0.05) is 48.0 Å². The van der Waals surface area contributed by atoms with Gasteiger partial charge in [0.1, 0.15) is 5.60 Å². The number of nitrogens with one attached hydrogen (secondary N) is 1. The molecule has 1 unspecified atom stereocenters. The van der Waals surface area contributed by atoms with Crippen molar-refractivity contribution in [2.24, 2.45) is 7.05 Å². The van der Waals surface area contributed by atoms with E-state index in [1.54, 1.807) is 17.8 Å². The fourth-order valence-electron chi connectivity index (χ4n) is 2.86. The molecule has 0 aliphatic heterocycles. The van der Waals surface area contributed by atoms with Gasteiger partial charge in [0.25, 0.3) is 0 Å². The third-order valence-corrected chi connectivity index (χ3v) is 4.44. The van der Waals surface area contributed by atoms with Crippen LogP contribution in [0.2, 0.25) is 0 Å². The van der Waals surface area contributed by atoms with Crippen molar-refractivity contribution in [3.8, 4) is 11.1 Å². The molecule has 0 amide bonds. The smallest absolute Gasteiger partial charge is 0.102 e. The molecular formula is C21H25N3O. The molecule has 2 aromatic carbocycles. The van der Waals surface area contributed by atoms with Gasteiger partial charge in [0.2, 0.25) is 0 Å². The summed E-state index contributed by atoms with van der Waals surface area (Å²) in [5.41, 5.74) is 4.76. The van der Waals surface area contributed by atoms with E-state index < -0.39 is 5.60 Å². The fraction of sp³-hybridized carbons (Fsp3) is 0.286. The molecule has 0 saturated heterocycles. The molecule has 130 valence electrons. The first-order valence-electron chi connectivity index (χ1n) is 8.52. The highest BCUT2D eigenvalue weighted by molar-refractivity contribution is 5.64. The summed E-state index contributed by atoms with van der Waals surface area (Å²) in [5, 5.41) is 18.1. The Morgan fingerprint density at radius 1 is 1.12 bits per heavy atom. The number of aromatic nitrogens is 2. The van der Waals surface area contributed by atoms with E-state index in [-0.39, 0.29) is 0 Å². The summed E-state index contributed by atoms with van der Waals surface area (Å²) in [7, 11) is 1.85. The lowest BCUT2D eigenvalue weighted by Crippen LogP contribution is -2.34. The highest BCUT2D eigenvalue weighted by Crippen LogP contribution is 2.22. The second kappa shape index (κ2) is 7.21. The van der Waals surface area contributed by atoms with Crippen LogP contribution >= 0.6 is 0 Å². The van der Waals surface area contributed by atoms with Gasteiger partial charge in [-0.05, 0) is 36.6 Å². The lowest BCUT2D eigenvalue weighted by molar-refractivity contribution is 0.0566. The summed E-state index contributed by atoms with van der Waals surface area (Å²) in [5.74, 6) is 0. The largest absolute Gasteiger partial charge is 0.384 e. The Kier molecular flexibility index (Phi) is 5.02. The van der Waals surface area contributed by atoms with E-state index in [1.807, 2.05) is 13.2 Å². The Morgan fingerprint density at radius 2 is 1.88 bits per heavy atom. The van der Waals surface area contributed by atoms with Gasteiger partial charge in [-0.2, -0.15) is 5.10 Å². The van der Waals surface area contributed by atoms with Crippen LogP contribution in [0.15, 0.2) is 60.9 Å². The molecule has 0 saturated carbocycles. The van der Waals surface area contributed by atoms with Crippen LogP contribution in [-0.4, -0.2) is 21.4 Å². The summed E-state index contributed by atoms with van der Waals surface area (Å²) in [6.07, 6.45) is 3.55. The number of rotatable bonds is 6. The van der Waals surface area contributed by atoms with Gasteiger partial charge < -0.3 is 10.4 Å². The molecule has 3 rings (SSSR count). The Balaban J connectivity index is 1.64. The Hall–Kier alpha value is -2.43. The van der Waals surface area contributed by atoms with Crippen LogP contribution in [0, 0.1) is 6.92 Å². The molecule has 0 aliphatic carbocycles. The van der Waals surface area contributed by atoms with Crippen LogP contribution in [0.3, 0.4) is 0 Å². The molecule has 1 aromatic heterocycles. The molecule has 1 atom stereocenters. The van der Waals surface area contributed by atoms with Crippen LogP contribution in [0.5, 0.6) is 0 Å². The number of aryl methyl sites for hydroxylation is 2. The predicted octanol–water partition coefficient (Wildman–Crippen LogP) is 3.39. The molecule has 0 spiro atoms. The lowest BCUT2D eigenvalue weighted by Gasteiger charge is -2.22. The maximum absolute atomic E-state index is 10.6. The molecule has 0 radical (unpaired) electrons. The van der Waals surface area contributed by atoms with E-state index >= 15 is 0 Å². The maximum Gasteiger partial charge on any atom is 0.102 e. The van der Waals surface area contributed by atoms with E-state index in [0.29, 0.717) is 13.1 Å². The van der Waals surface area contributed by atoms with Crippen LogP contribution in [0.25, 0.3) is 11.1 Å². The minimum absolute atomic E-state index is 0.466. The van der Waals surface area contributed by atoms with Crippen LogP contribution in [-0.2, 0) is 19.2 Å². The average Bonchev–Trinajstić information content (AvgIpc) is 3.03. The van der Waals surface area contributed by atoms with E-state index in [0.717, 1.165) is 5.56 Å². The standard InChI is InChI=1S/C21H25N3O/c1-16-7-9-18(10-8-16)19-6-4-5-17(11-19)12-22-15-21(2,25)20-13-23-24(3)14-20/h4-11,13-14,22,25H,12,15H2,1-3H3. The molecule has 4 heteroatoms. The molecular weight excluding hydrogens is 310 g/mol. The van der Waals surface area contributed by atoms with Gasteiger partial charge in [0.05, 0.1) is 6.20 Å². The van der Waals surface area contributed by atoms with Gasteiger partial charge in [0, 0.05) is 31.9 Å². The summed E-state index contributed by atoms with van der Waals surface area (Å²) < 4.78 is 1.70. The molecule has 0 bridgehead atoms. The van der Waals surface area contributed by atoms with Crippen molar-refractivity contribution >= 4 is 0 Å². The zero-order chi connectivity index (χ0) is 17.9. The second-order valence-electron chi connectivity index (χ2n) is 6.85. The first kappa shape index (κ1) is 17.4. The van der Waals surface area contributed by atoms with Crippen molar-refractivity contribution < 1.29 is 5.11 Å². The highest BCUT2D eigenvalue weighted by Gasteiger charge is 2.24. The van der Waals surface area contributed by atoms with E-state index in [9.17, 15) is 5.11 Å². The molecule has 4 nitrogen and oxygen atoms in total. The van der Waals surface area contributed by atoms with Gasteiger partial charge in [-0.25, -0.2) is 0 Å². The maximum atomic E-state index is 10.6. The van der Waals surface area contributed by atoms with Gasteiger partial charge in [-0.3, -0.25) is 4.68 Å². The summed E-state index contributed by atoms with van der Waals surface area (Å²) in [4.78, 5) is 0. The van der Waals surface area contributed by atoms with E-state index in [2.05, 4.69) is 65.9 Å². The topological polar surface area (TPSA) is 50.1 Å². The number of hydrogen-bond acceptors (Lipinski definition) is 3. The second-order valence-corrected chi connectivity index (χ2v) is 6.85. The van der Waals surface area contributed by atoms with Crippen LogP contribution < -0.4 is 5.32 Å². The van der Waals surface area contributed by atoms with Crippen molar-refractivity contribution in [2.45, 2.75) is 26.0 Å². The van der Waals surface area contributed by atoms with E-state index in [1.165, 1.54) is 22.3 Å². The SMILES string of the molecule is Cc1ccc(-c2cccc(CNCC(C)(O)c3cnn(C)c3)c2)cc1. The first-order valence-corrected chi connectivity index (χ1v) is 8.52. The molecule has 3 aromatic rings. The third-order valence-electron chi connectivity index (χ3n) is 4.44.